The van der Waals surface area contributed by atoms with Crippen LogP contribution in [-0.2, 0) is 6.42 Å². The molecule has 106 valence electrons. The van der Waals surface area contributed by atoms with E-state index in [1.165, 1.54) is 0 Å². The lowest BCUT2D eigenvalue weighted by Gasteiger charge is -2.17. The number of hydrazine groups is 1. The van der Waals surface area contributed by atoms with Crippen LogP contribution in [-0.4, -0.2) is 0 Å². The first-order valence-corrected chi connectivity index (χ1v) is 6.17. The third kappa shape index (κ3) is 3.18. The van der Waals surface area contributed by atoms with Crippen molar-refractivity contribution >= 4 is 0 Å². The molecule has 0 spiro atoms. The van der Waals surface area contributed by atoms with Crippen LogP contribution >= 0.6 is 0 Å². The van der Waals surface area contributed by atoms with E-state index in [1.807, 2.05) is 31.2 Å². The molecule has 0 fully saturated rings. The molecule has 1 unspecified atom stereocenters. The van der Waals surface area contributed by atoms with E-state index in [9.17, 15) is 13.2 Å². The van der Waals surface area contributed by atoms with Crippen LogP contribution in [0.2, 0.25) is 0 Å². The summed E-state index contributed by atoms with van der Waals surface area (Å²) >= 11 is 0. The summed E-state index contributed by atoms with van der Waals surface area (Å²) in [4.78, 5) is 0. The highest BCUT2D eigenvalue weighted by Crippen LogP contribution is 2.22. The Morgan fingerprint density at radius 1 is 1.05 bits per heavy atom. The summed E-state index contributed by atoms with van der Waals surface area (Å²) < 4.78 is 39.4. The highest BCUT2D eigenvalue weighted by Gasteiger charge is 2.17. The molecule has 2 rings (SSSR count). The largest absolute Gasteiger partial charge is 0.271 e. The number of benzene rings is 2. The lowest BCUT2D eigenvalue weighted by Crippen LogP contribution is -2.29. The number of aryl methyl sites for hydroxylation is 1. The van der Waals surface area contributed by atoms with Crippen LogP contribution in [0.4, 0.5) is 13.2 Å². The predicted molar refractivity (Wildman–Crippen MR) is 71.3 cm³/mol. The van der Waals surface area contributed by atoms with E-state index in [0.717, 1.165) is 23.3 Å². The summed E-state index contributed by atoms with van der Waals surface area (Å²) in [7, 11) is 0. The van der Waals surface area contributed by atoms with Crippen molar-refractivity contribution in [3.05, 3.63) is 70.5 Å². The Morgan fingerprint density at radius 3 is 2.10 bits per heavy atom. The summed E-state index contributed by atoms with van der Waals surface area (Å²) in [5.74, 6) is 1.52. The Morgan fingerprint density at radius 2 is 1.60 bits per heavy atom. The Bertz CT molecular complexity index is 574. The topological polar surface area (TPSA) is 38.0 Å². The zero-order valence-electron chi connectivity index (χ0n) is 11.0. The Hall–Kier alpha value is -1.85. The van der Waals surface area contributed by atoms with Gasteiger partial charge in [0.1, 0.15) is 0 Å². The van der Waals surface area contributed by atoms with Gasteiger partial charge in [-0.15, -0.1) is 0 Å². The molecular weight excluding hydrogens is 265 g/mol. The number of hydrogen-bond donors (Lipinski definition) is 2. The van der Waals surface area contributed by atoms with Crippen molar-refractivity contribution in [1.82, 2.24) is 5.43 Å². The maximum Gasteiger partial charge on any atom is 0.194 e. The molecule has 0 saturated heterocycles. The van der Waals surface area contributed by atoms with E-state index in [-0.39, 0.29) is 5.56 Å². The first-order chi connectivity index (χ1) is 9.51. The smallest absolute Gasteiger partial charge is 0.194 e. The Labute approximate surface area is 115 Å². The van der Waals surface area contributed by atoms with Gasteiger partial charge < -0.3 is 0 Å². The molecule has 2 nitrogen and oxygen atoms in total. The number of halogens is 3. The number of rotatable bonds is 4. The van der Waals surface area contributed by atoms with E-state index in [1.54, 1.807) is 0 Å². The zero-order chi connectivity index (χ0) is 14.7. The predicted octanol–water partition coefficient (Wildman–Crippen LogP) is 3.16. The summed E-state index contributed by atoms with van der Waals surface area (Å²) in [6.07, 6.45) is 0.446. The molecule has 0 bridgehead atoms. The van der Waals surface area contributed by atoms with Crippen molar-refractivity contribution in [2.24, 2.45) is 5.84 Å². The molecule has 2 aromatic carbocycles. The first kappa shape index (κ1) is 14.6. The molecule has 20 heavy (non-hydrogen) atoms. The van der Waals surface area contributed by atoms with E-state index < -0.39 is 23.5 Å². The van der Waals surface area contributed by atoms with Crippen molar-refractivity contribution in [3.63, 3.8) is 0 Å². The Balaban J connectivity index is 2.26. The first-order valence-electron chi connectivity index (χ1n) is 6.17. The highest BCUT2D eigenvalue weighted by molar-refractivity contribution is 5.27. The molecule has 0 heterocycles. The van der Waals surface area contributed by atoms with E-state index in [4.69, 9.17) is 5.84 Å². The van der Waals surface area contributed by atoms with E-state index in [2.05, 4.69) is 5.43 Å². The Kier molecular flexibility index (Phi) is 4.42. The van der Waals surface area contributed by atoms with Crippen molar-refractivity contribution in [1.29, 1.82) is 0 Å². The molecule has 0 aliphatic heterocycles. The molecule has 1 atom stereocenters. The third-order valence-corrected chi connectivity index (χ3v) is 3.17. The fourth-order valence-electron chi connectivity index (χ4n) is 2.01. The standard InChI is InChI=1S/C15H15F3N2/c1-9-2-4-10(5-3-9)6-14(20-19)11-7-12(16)15(18)13(17)8-11/h2-5,7-8,14,20H,6,19H2,1H3. The van der Waals surface area contributed by atoms with Crippen molar-refractivity contribution < 1.29 is 13.2 Å². The second-order valence-corrected chi connectivity index (χ2v) is 4.71. The number of hydrogen-bond acceptors (Lipinski definition) is 2. The van der Waals surface area contributed by atoms with Crippen LogP contribution in [0.25, 0.3) is 0 Å². The second-order valence-electron chi connectivity index (χ2n) is 4.71. The van der Waals surface area contributed by atoms with Crippen LogP contribution in [0.15, 0.2) is 36.4 Å². The van der Waals surface area contributed by atoms with Crippen molar-refractivity contribution in [2.45, 2.75) is 19.4 Å². The average molecular weight is 280 g/mol. The highest BCUT2D eigenvalue weighted by atomic mass is 19.2. The van der Waals surface area contributed by atoms with Gasteiger partial charge in [0.2, 0.25) is 0 Å². The van der Waals surface area contributed by atoms with Gasteiger partial charge in [0.05, 0.1) is 6.04 Å². The van der Waals surface area contributed by atoms with Gasteiger partial charge in [-0.3, -0.25) is 11.3 Å². The van der Waals surface area contributed by atoms with Gasteiger partial charge in [-0.25, -0.2) is 13.2 Å². The molecule has 0 radical (unpaired) electrons. The van der Waals surface area contributed by atoms with Gasteiger partial charge in [-0.05, 0) is 36.6 Å². The lowest BCUT2D eigenvalue weighted by atomic mass is 9.98. The van der Waals surface area contributed by atoms with Gasteiger partial charge in [0.25, 0.3) is 0 Å². The van der Waals surface area contributed by atoms with Crippen molar-refractivity contribution in [2.75, 3.05) is 0 Å². The summed E-state index contributed by atoms with van der Waals surface area (Å²) in [6.45, 7) is 1.97. The van der Waals surface area contributed by atoms with Gasteiger partial charge in [-0.1, -0.05) is 29.8 Å². The van der Waals surface area contributed by atoms with Gasteiger partial charge in [0.15, 0.2) is 17.5 Å². The third-order valence-electron chi connectivity index (χ3n) is 3.17. The molecule has 0 aliphatic carbocycles. The average Bonchev–Trinajstić information content (AvgIpc) is 2.43. The molecule has 0 amide bonds. The minimum Gasteiger partial charge on any atom is -0.271 e. The van der Waals surface area contributed by atoms with Gasteiger partial charge >= 0.3 is 0 Å². The van der Waals surface area contributed by atoms with Crippen molar-refractivity contribution in [3.8, 4) is 0 Å². The molecule has 5 heteroatoms. The maximum absolute atomic E-state index is 13.2. The number of nitrogens with one attached hydrogen (secondary N) is 1. The van der Waals surface area contributed by atoms with Gasteiger partial charge in [-0.2, -0.15) is 0 Å². The van der Waals surface area contributed by atoms with Crippen LogP contribution < -0.4 is 11.3 Å². The molecule has 0 aromatic heterocycles. The fraction of sp³-hybridized carbons (Fsp3) is 0.200. The minimum absolute atomic E-state index is 0.268. The van der Waals surface area contributed by atoms with Crippen LogP contribution in [0.1, 0.15) is 22.7 Å². The quantitative estimate of drug-likeness (QED) is 0.513. The van der Waals surface area contributed by atoms with Crippen LogP contribution in [0.3, 0.4) is 0 Å². The molecule has 2 aromatic rings. The van der Waals surface area contributed by atoms with Crippen LogP contribution in [0.5, 0.6) is 0 Å². The second kappa shape index (κ2) is 6.07. The maximum atomic E-state index is 13.2. The summed E-state index contributed by atoms with van der Waals surface area (Å²) in [6, 6.07) is 9.12. The minimum atomic E-state index is -1.47. The summed E-state index contributed by atoms with van der Waals surface area (Å²) in [5, 5.41) is 0. The summed E-state index contributed by atoms with van der Waals surface area (Å²) in [5.41, 5.74) is 4.84. The van der Waals surface area contributed by atoms with Gasteiger partial charge in [0, 0.05) is 0 Å². The normalized spacial score (nSPS) is 12.4. The molecule has 3 N–H and O–H groups in total. The molecule has 0 saturated carbocycles. The SMILES string of the molecule is Cc1ccc(CC(NN)c2cc(F)c(F)c(F)c2)cc1. The van der Waals surface area contributed by atoms with E-state index in [0.29, 0.717) is 6.42 Å². The molecular formula is C15H15F3N2. The van der Waals surface area contributed by atoms with Crippen LogP contribution in [0, 0.1) is 24.4 Å². The lowest BCUT2D eigenvalue weighted by molar-refractivity contribution is 0.439. The van der Waals surface area contributed by atoms with E-state index >= 15 is 0 Å². The zero-order valence-corrected chi connectivity index (χ0v) is 11.0. The number of nitrogens with two attached hydrogens (primary N) is 1. The molecule has 0 aliphatic rings. The monoisotopic (exact) mass is 280 g/mol. The fourth-order valence-corrected chi connectivity index (χ4v) is 2.01.